The van der Waals surface area contributed by atoms with Crippen LogP contribution in [-0.2, 0) is 15.5 Å². The summed E-state index contributed by atoms with van der Waals surface area (Å²) in [7, 11) is 0.503. The van der Waals surface area contributed by atoms with Gasteiger partial charge in [-0.25, -0.2) is 9.78 Å². The summed E-state index contributed by atoms with van der Waals surface area (Å²) in [5, 5.41) is 3.04. The Morgan fingerprint density at radius 2 is 2.33 bits per heavy atom. The smallest absolute Gasteiger partial charge is 0.340 e. The van der Waals surface area contributed by atoms with Crippen molar-refractivity contribution in [2.24, 2.45) is 0 Å². The number of methoxy groups -OCH3 is 1. The van der Waals surface area contributed by atoms with Crippen molar-refractivity contribution in [1.82, 2.24) is 4.98 Å². The number of rotatable bonds is 6. The average molecular weight is 271 g/mol. The van der Waals surface area contributed by atoms with Gasteiger partial charge in [0.05, 0.1) is 24.6 Å². The number of ether oxygens (including phenoxy) is 1. The molecule has 0 fully saturated rings. The Kier molecular flexibility index (Phi) is 5.57. The molecular formula is C11H17N3O3S. The minimum absolute atomic E-state index is 0.280. The Balaban J connectivity index is 2.62. The summed E-state index contributed by atoms with van der Waals surface area (Å²) in [6, 6.07) is 1.55. The largest absolute Gasteiger partial charge is 0.465 e. The predicted octanol–water partition coefficient (Wildman–Crippen LogP) is 0.631. The van der Waals surface area contributed by atoms with E-state index in [9.17, 15) is 9.00 Å². The van der Waals surface area contributed by atoms with Crippen molar-refractivity contribution in [3.05, 3.63) is 17.8 Å². The van der Waals surface area contributed by atoms with Crippen LogP contribution in [0.5, 0.6) is 0 Å². The first-order chi connectivity index (χ1) is 8.54. The van der Waals surface area contributed by atoms with Crippen molar-refractivity contribution in [2.75, 3.05) is 36.7 Å². The maximum Gasteiger partial charge on any atom is 0.340 e. The predicted molar refractivity (Wildman–Crippen MR) is 72.0 cm³/mol. The topological polar surface area (TPSA) is 94.3 Å². The molecule has 6 nitrogen and oxygen atoms in total. The number of hydrogen-bond donors (Lipinski definition) is 2. The maximum atomic E-state index is 11.4. The van der Waals surface area contributed by atoms with E-state index in [4.69, 9.17) is 5.73 Å². The fraction of sp³-hybridized carbons (Fsp3) is 0.455. The Morgan fingerprint density at radius 1 is 1.61 bits per heavy atom. The van der Waals surface area contributed by atoms with Crippen LogP contribution in [0.3, 0.4) is 0 Å². The lowest BCUT2D eigenvalue weighted by molar-refractivity contribution is 0.0602. The average Bonchev–Trinajstić information content (AvgIpc) is 2.35. The summed E-state index contributed by atoms with van der Waals surface area (Å²) in [5.74, 6) is 0.686. The molecule has 0 aromatic carbocycles. The van der Waals surface area contributed by atoms with Crippen LogP contribution >= 0.6 is 0 Å². The minimum Gasteiger partial charge on any atom is -0.465 e. The number of aromatic nitrogens is 1. The number of nitrogens with one attached hydrogen (secondary N) is 1. The Labute approximate surface area is 108 Å². The molecule has 1 heterocycles. The summed E-state index contributed by atoms with van der Waals surface area (Å²) in [4.78, 5) is 15.5. The monoisotopic (exact) mass is 271 g/mol. The molecule has 1 unspecified atom stereocenters. The van der Waals surface area contributed by atoms with Crippen LogP contribution in [0.1, 0.15) is 16.8 Å². The van der Waals surface area contributed by atoms with E-state index in [2.05, 4.69) is 15.0 Å². The van der Waals surface area contributed by atoms with Gasteiger partial charge in [-0.3, -0.25) is 4.21 Å². The molecule has 0 aliphatic heterocycles. The second-order valence-corrected chi connectivity index (χ2v) is 5.26. The minimum atomic E-state index is -0.795. The Morgan fingerprint density at radius 3 is 2.94 bits per heavy atom. The molecule has 0 amide bonds. The Bertz CT molecular complexity index is 451. The highest BCUT2D eigenvalue weighted by Crippen LogP contribution is 2.15. The van der Waals surface area contributed by atoms with Crippen molar-refractivity contribution in [1.29, 1.82) is 0 Å². The molecular weight excluding hydrogens is 254 g/mol. The van der Waals surface area contributed by atoms with Crippen LogP contribution in [0.25, 0.3) is 0 Å². The van der Waals surface area contributed by atoms with E-state index >= 15 is 0 Å². The number of anilines is 2. The molecule has 0 saturated heterocycles. The standard InChI is InChI=1S/C11H17N3O3S/c1-17-11(15)8-6-10(14-7-9(8)12)13-4-3-5-18(2)16/h6-7H,3-5,12H2,1-2H3,(H,13,14). The van der Waals surface area contributed by atoms with Crippen molar-refractivity contribution >= 4 is 28.3 Å². The highest BCUT2D eigenvalue weighted by atomic mass is 32.2. The first-order valence-electron chi connectivity index (χ1n) is 5.42. The third kappa shape index (κ3) is 4.33. The number of carbonyl (C=O) groups excluding carboxylic acids is 1. The van der Waals surface area contributed by atoms with Gasteiger partial charge >= 0.3 is 5.97 Å². The summed E-state index contributed by atoms with van der Waals surface area (Å²) in [5.41, 5.74) is 6.20. The first-order valence-corrected chi connectivity index (χ1v) is 7.15. The Hall–Kier alpha value is -1.63. The lowest BCUT2D eigenvalue weighted by Crippen LogP contribution is -2.10. The molecule has 0 radical (unpaired) electrons. The molecule has 0 saturated carbocycles. The number of nitrogen functional groups attached to an aromatic ring is 1. The lowest BCUT2D eigenvalue weighted by atomic mass is 10.2. The summed E-state index contributed by atoms with van der Waals surface area (Å²) >= 11 is 0. The molecule has 0 aliphatic rings. The second kappa shape index (κ2) is 6.95. The highest BCUT2D eigenvalue weighted by molar-refractivity contribution is 7.84. The second-order valence-electron chi connectivity index (χ2n) is 3.71. The zero-order valence-corrected chi connectivity index (χ0v) is 11.3. The van der Waals surface area contributed by atoms with Crippen molar-refractivity contribution in [2.45, 2.75) is 6.42 Å². The molecule has 1 atom stereocenters. The van der Waals surface area contributed by atoms with E-state index in [0.29, 0.717) is 18.1 Å². The third-order valence-electron chi connectivity index (χ3n) is 2.25. The fourth-order valence-corrected chi connectivity index (χ4v) is 1.89. The van der Waals surface area contributed by atoms with E-state index in [-0.39, 0.29) is 11.3 Å². The van der Waals surface area contributed by atoms with Crippen LogP contribution in [0.2, 0.25) is 0 Å². The van der Waals surface area contributed by atoms with Gasteiger partial charge in [0.2, 0.25) is 0 Å². The van der Waals surface area contributed by atoms with E-state index in [1.807, 2.05) is 0 Å². The van der Waals surface area contributed by atoms with Crippen molar-refractivity contribution in [3.63, 3.8) is 0 Å². The van der Waals surface area contributed by atoms with Crippen molar-refractivity contribution < 1.29 is 13.7 Å². The molecule has 3 N–H and O–H groups in total. The molecule has 7 heteroatoms. The summed E-state index contributed by atoms with van der Waals surface area (Å²) in [6.45, 7) is 0.636. The molecule has 100 valence electrons. The van der Waals surface area contributed by atoms with Gasteiger partial charge in [0.1, 0.15) is 5.82 Å². The molecule has 1 rings (SSSR count). The molecule has 0 aliphatic carbocycles. The van der Waals surface area contributed by atoms with Gasteiger partial charge in [0.25, 0.3) is 0 Å². The molecule has 1 aromatic rings. The fourth-order valence-electron chi connectivity index (χ4n) is 1.34. The SMILES string of the molecule is COC(=O)c1cc(NCCCS(C)=O)ncc1N. The van der Waals surface area contributed by atoms with E-state index in [1.165, 1.54) is 13.3 Å². The van der Waals surface area contributed by atoms with E-state index in [0.717, 1.165) is 6.42 Å². The molecule has 0 spiro atoms. The van der Waals surface area contributed by atoms with Crippen LogP contribution in [0, 0.1) is 0 Å². The summed E-state index contributed by atoms with van der Waals surface area (Å²) in [6.07, 6.45) is 3.84. The van der Waals surface area contributed by atoms with Gasteiger partial charge in [0, 0.05) is 29.4 Å². The third-order valence-corrected chi connectivity index (χ3v) is 3.12. The van der Waals surface area contributed by atoms with E-state index in [1.54, 1.807) is 12.3 Å². The quantitative estimate of drug-likeness (QED) is 0.582. The van der Waals surface area contributed by atoms with Crippen molar-refractivity contribution in [3.8, 4) is 0 Å². The molecule has 0 bridgehead atoms. The zero-order chi connectivity index (χ0) is 13.5. The van der Waals surface area contributed by atoms with Gasteiger partial charge in [-0.15, -0.1) is 0 Å². The highest BCUT2D eigenvalue weighted by Gasteiger charge is 2.11. The molecule has 1 aromatic heterocycles. The van der Waals surface area contributed by atoms with Gasteiger partial charge < -0.3 is 15.8 Å². The number of hydrogen-bond acceptors (Lipinski definition) is 6. The van der Waals surface area contributed by atoms with E-state index < -0.39 is 16.8 Å². The van der Waals surface area contributed by atoms with Crippen LogP contribution in [0.4, 0.5) is 11.5 Å². The zero-order valence-electron chi connectivity index (χ0n) is 10.4. The number of nitrogens with two attached hydrogens (primary N) is 1. The van der Waals surface area contributed by atoms with Crippen LogP contribution in [0.15, 0.2) is 12.3 Å². The lowest BCUT2D eigenvalue weighted by Gasteiger charge is -2.08. The first kappa shape index (κ1) is 14.4. The normalized spacial score (nSPS) is 11.9. The van der Waals surface area contributed by atoms with Crippen LogP contribution in [-0.4, -0.2) is 40.8 Å². The number of pyridine rings is 1. The summed E-state index contributed by atoms with van der Waals surface area (Å²) < 4.78 is 15.5. The van der Waals surface area contributed by atoms with Gasteiger partial charge in [-0.1, -0.05) is 0 Å². The molecule has 18 heavy (non-hydrogen) atoms. The van der Waals surface area contributed by atoms with Gasteiger partial charge in [0.15, 0.2) is 0 Å². The maximum absolute atomic E-state index is 11.4. The van der Waals surface area contributed by atoms with Gasteiger partial charge in [-0.05, 0) is 12.5 Å². The van der Waals surface area contributed by atoms with Crippen LogP contribution < -0.4 is 11.1 Å². The number of esters is 1. The number of nitrogens with zero attached hydrogens (tertiary/aromatic N) is 1. The number of carbonyl (C=O) groups is 1. The van der Waals surface area contributed by atoms with Gasteiger partial charge in [-0.2, -0.15) is 0 Å².